The molecule has 3 N–H and O–H groups in total. The first-order valence-corrected chi connectivity index (χ1v) is 6.36. The van der Waals surface area contributed by atoms with Crippen LogP contribution in [-0.2, 0) is 6.54 Å². The molecule has 1 aromatic heterocycles. The second-order valence-electron chi connectivity index (χ2n) is 4.54. The third kappa shape index (κ3) is 3.69. The van der Waals surface area contributed by atoms with Crippen LogP contribution in [0.25, 0.3) is 0 Å². The summed E-state index contributed by atoms with van der Waals surface area (Å²) in [5, 5.41) is 3.25. The van der Waals surface area contributed by atoms with Gasteiger partial charge in [0, 0.05) is 12.7 Å². The standard InChI is InChI=1S/C15H19N3O/c1-11(2)19-14-6-4-3-5-13(14)18-15-8-7-12(9-16)10-17-15/h3-8,10-11H,9,16H2,1-2H3,(H,17,18). The molecule has 0 unspecified atom stereocenters. The average Bonchev–Trinajstić information content (AvgIpc) is 2.41. The first-order chi connectivity index (χ1) is 9.19. The van der Waals surface area contributed by atoms with E-state index in [1.807, 2.05) is 50.2 Å². The summed E-state index contributed by atoms with van der Waals surface area (Å²) in [7, 11) is 0. The predicted molar refractivity (Wildman–Crippen MR) is 77.6 cm³/mol. The average molecular weight is 257 g/mol. The molecule has 1 aromatic carbocycles. The number of aromatic nitrogens is 1. The van der Waals surface area contributed by atoms with Gasteiger partial charge < -0.3 is 15.8 Å². The largest absolute Gasteiger partial charge is 0.489 e. The molecule has 4 nitrogen and oxygen atoms in total. The Morgan fingerprint density at radius 1 is 1.21 bits per heavy atom. The number of nitrogens with zero attached hydrogens (tertiary/aromatic N) is 1. The highest BCUT2D eigenvalue weighted by molar-refractivity contribution is 5.64. The summed E-state index contributed by atoms with van der Waals surface area (Å²) in [5.41, 5.74) is 7.47. The predicted octanol–water partition coefficient (Wildman–Crippen LogP) is 3.07. The fourth-order valence-electron chi connectivity index (χ4n) is 1.68. The zero-order chi connectivity index (χ0) is 13.7. The number of nitrogens with one attached hydrogen (secondary N) is 1. The van der Waals surface area contributed by atoms with Crippen molar-refractivity contribution in [3.63, 3.8) is 0 Å². The molecule has 100 valence electrons. The molecule has 0 saturated carbocycles. The van der Waals surface area contributed by atoms with Crippen molar-refractivity contribution < 1.29 is 4.74 Å². The van der Waals surface area contributed by atoms with E-state index in [2.05, 4.69) is 10.3 Å². The van der Waals surface area contributed by atoms with Crippen LogP contribution in [0.3, 0.4) is 0 Å². The summed E-state index contributed by atoms with van der Waals surface area (Å²) in [6, 6.07) is 11.7. The van der Waals surface area contributed by atoms with Gasteiger partial charge >= 0.3 is 0 Å². The number of hydrogen-bond acceptors (Lipinski definition) is 4. The molecule has 0 amide bonds. The first-order valence-electron chi connectivity index (χ1n) is 6.36. The van der Waals surface area contributed by atoms with E-state index in [0.717, 1.165) is 22.8 Å². The van der Waals surface area contributed by atoms with Gasteiger partial charge in [-0.3, -0.25) is 0 Å². The van der Waals surface area contributed by atoms with Crippen LogP contribution in [0, 0.1) is 0 Å². The van der Waals surface area contributed by atoms with Gasteiger partial charge in [0.2, 0.25) is 0 Å². The number of nitrogens with two attached hydrogens (primary N) is 1. The topological polar surface area (TPSA) is 60.2 Å². The summed E-state index contributed by atoms with van der Waals surface area (Å²) in [4.78, 5) is 4.32. The van der Waals surface area contributed by atoms with Crippen LogP contribution in [0.2, 0.25) is 0 Å². The Morgan fingerprint density at radius 2 is 2.00 bits per heavy atom. The van der Waals surface area contributed by atoms with E-state index in [1.165, 1.54) is 0 Å². The molecule has 0 bridgehead atoms. The van der Waals surface area contributed by atoms with Crippen LogP contribution in [-0.4, -0.2) is 11.1 Å². The highest BCUT2D eigenvalue weighted by Gasteiger charge is 2.05. The maximum Gasteiger partial charge on any atom is 0.143 e. The minimum atomic E-state index is 0.135. The number of hydrogen-bond donors (Lipinski definition) is 2. The van der Waals surface area contributed by atoms with Gasteiger partial charge in [0.1, 0.15) is 11.6 Å². The molecule has 4 heteroatoms. The van der Waals surface area contributed by atoms with E-state index >= 15 is 0 Å². The van der Waals surface area contributed by atoms with Crippen molar-refractivity contribution in [2.75, 3.05) is 5.32 Å². The Hall–Kier alpha value is -2.07. The number of pyridine rings is 1. The molecule has 0 saturated heterocycles. The Bertz CT molecular complexity index is 523. The summed E-state index contributed by atoms with van der Waals surface area (Å²) in [5.74, 6) is 1.60. The van der Waals surface area contributed by atoms with Crippen LogP contribution >= 0.6 is 0 Å². The fraction of sp³-hybridized carbons (Fsp3) is 0.267. The van der Waals surface area contributed by atoms with E-state index in [4.69, 9.17) is 10.5 Å². The van der Waals surface area contributed by atoms with Crippen LogP contribution in [0.15, 0.2) is 42.6 Å². The fourth-order valence-corrected chi connectivity index (χ4v) is 1.68. The number of rotatable bonds is 5. The van der Waals surface area contributed by atoms with Crippen molar-refractivity contribution in [1.82, 2.24) is 4.98 Å². The van der Waals surface area contributed by atoms with Crippen LogP contribution in [0.1, 0.15) is 19.4 Å². The van der Waals surface area contributed by atoms with Crippen molar-refractivity contribution in [2.24, 2.45) is 5.73 Å². The molecular weight excluding hydrogens is 238 g/mol. The quantitative estimate of drug-likeness (QED) is 0.864. The van der Waals surface area contributed by atoms with Gasteiger partial charge in [-0.25, -0.2) is 4.98 Å². The molecule has 0 aliphatic rings. The smallest absolute Gasteiger partial charge is 0.143 e. The second kappa shape index (κ2) is 6.20. The molecule has 0 fully saturated rings. The van der Waals surface area contributed by atoms with Crippen molar-refractivity contribution in [1.29, 1.82) is 0 Å². The Morgan fingerprint density at radius 3 is 2.63 bits per heavy atom. The van der Waals surface area contributed by atoms with E-state index in [9.17, 15) is 0 Å². The number of benzene rings is 1. The van der Waals surface area contributed by atoms with Crippen molar-refractivity contribution in [3.05, 3.63) is 48.2 Å². The van der Waals surface area contributed by atoms with Gasteiger partial charge in [-0.1, -0.05) is 18.2 Å². The van der Waals surface area contributed by atoms with Crippen LogP contribution in [0.4, 0.5) is 11.5 Å². The molecule has 1 heterocycles. The number of anilines is 2. The van der Waals surface area contributed by atoms with E-state index in [1.54, 1.807) is 6.20 Å². The van der Waals surface area contributed by atoms with Crippen LogP contribution < -0.4 is 15.8 Å². The monoisotopic (exact) mass is 257 g/mol. The van der Waals surface area contributed by atoms with Gasteiger partial charge in [0.25, 0.3) is 0 Å². The molecule has 0 aliphatic carbocycles. The molecule has 0 radical (unpaired) electrons. The molecule has 0 atom stereocenters. The summed E-state index contributed by atoms with van der Waals surface area (Å²) in [6.07, 6.45) is 1.91. The Kier molecular flexibility index (Phi) is 4.36. The van der Waals surface area contributed by atoms with E-state index in [-0.39, 0.29) is 6.10 Å². The van der Waals surface area contributed by atoms with Gasteiger partial charge in [0.05, 0.1) is 11.8 Å². The maximum atomic E-state index is 5.75. The summed E-state index contributed by atoms with van der Waals surface area (Å²) < 4.78 is 5.75. The molecule has 0 spiro atoms. The minimum Gasteiger partial charge on any atom is -0.489 e. The molecule has 2 aromatic rings. The lowest BCUT2D eigenvalue weighted by atomic mass is 10.2. The number of para-hydroxylation sites is 2. The third-order valence-corrected chi connectivity index (χ3v) is 2.57. The molecule has 2 rings (SSSR count). The van der Waals surface area contributed by atoms with Crippen LogP contribution in [0.5, 0.6) is 5.75 Å². The minimum absolute atomic E-state index is 0.135. The summed E-state index contributed by atoms with van der Waals surface area (Å²) >= 11 is 0. The molecular formula is C15H19N3O. The third-order valence-electron chi connectivity index (χ3n) is 2.57. The van der Waals surface area contributed by atoms with Gasteiger partial charge in [-0.05, 0) is 37.6 Å². The van der Waals surface area contributed by atoms with Gasteiger partial charge in [0.15, 0.2) is 0 Å². The highest BCUT2D eigenvalue weighted by Crippen LogP contribution is 2.27. The lowest BCUT2D eigenvalue weighted by Crippen LogP contribution is -2.07. The van der Waals surface area contributed by atoms with Crippen molar-refractivity contribution in [2.45, 2.75) is 26.5 Å². The first kappa shape index (κ1) is 13.4. The lowest BCUT2D eigenvalue weighted by molar-refractivity contribution is 0.244. The highest BCUT2D eigenvalue weighted by atomic mass is 16.5. The zero-order valence-electron chi connectivity index (χ0n) is 11.3. The van der Waals surface area contributed by atoms with E-state index < -0.39 is 0 Å². The summed E-state index contributed by atoms with van der Waals surface area (Å²) in [6.45, 7) is 4.51. The van der Waals surface area contributed by atoms with Gasteiger partial charge in [-0.2, -0.15) is 0 Å². The van der Waals surface area contributed by atoms with Gasteiger partial charge in [-0.15, -0.1) is 0 Å². The van der Waals surface area contributed by atoms with E-state index in [0.29, 0.717) is 6.54 Å². The molecule has 0 aliphatic heterocycles. The Balaban J connectivity index is 2.17. The molecule has 19 heavy (non-hydrogen) atoms. The lowest BCUT2D eigenvalue weighted by Gasteiger charge is -2.15. The Labute approximate surface area is 113 Å². The second-order valence-corrected chi connectivity index (χ2v) is 4.54. The van der Waals surface area contributed by atoms with Crippen molar-refractivity contribution >= 4 is 11.5 Å². The SMILES string of the molecule is CC(C)Oc1ccccc1Nc1ccc(CN)cn1. The number of ether oxygens (including phenoxy) is 1. The maximum absolute atomic E-state index is 5.75. The van der Waals surface area contributed by atoms with Crippen molar-refractivity contribution in [3.8, 4) is 5.75 Å². The zero-order valence-corrected chi connectivity index (χ0v) is 11.3. The normalized spacial score (nSPS) is 10.5.